The van der Waals surface area contributed by atoms with E-state index in [-0.39, 0.29) is 17.7 Å². The molecule has 0 aromatic carbocycles. The van der Waals surface area contributed by atoms with E-state index < -0.39 is 11.9 Å². The largest absolute Gasteiger partial charge is 0.469 e. The van der Waals surface area contributed by atoms with Gasteiger partial charge in [0, 0.05) is 12.5 Å². The van der Waals surface area contributed by atoms with Crippen LogP contribution in [0.25, 0.3) is 0 Å². The Kier molecular flexibility index (Phi) is 5.41. The molecule has 0 spiro atoms. The lowest BCUT2D eigenvalue weighted by Gasteiger charge is -2.17. The highest BCUT2D eigenvalue weighted by atomic mass is 16.3. The van der Waals surface area contributed by atoms with Crippen LogP contribution in [0, 0.1) is 0 Å². The van der Waals surface area contributed by atoms with Gasteiger partial charge in [0.2, 0.25) is 5.91 Å². The summed E-state index contributed by atoms with van der Waals surface area (Å²) in [6, 6.07) is 6.26. The Hall–Kier alpha value is -2.50. The van der Waals surface area contributed by atoms with Crippen LogP contribution >= 0.6 is 0 Å². The summed E-state index contributed by atoms with van der Waals surface area (Å²) in [5, 5.41) is 5.46. The van der Waals surface area contributed by atoms with Crippen LogP contribution in [0.2, 0.25) is 0 Å². The lowest BCUT2D eigenvalue weighted by Crippen LogP contribution is -2.47. The summed E-state index contributed by atoms with van der Waals surface area (Å²) in [5.41, 5.74) is 0. The van der Waals surface area contributed by atoms with Crippen molar-refractivity contribution in [2.24, 2.45) is 0 Å². The summed E-state index contributed by atoms with van der Waals surface area (Å²) in [6.07, 6.45) is 4.56. The van der Waals surface area contributed by atoms with Crippen LogP contribution < -0.4 is 10.6 Å². The Bertz CT molecular complexity index is 590. The summed E-state index contributed by atoms with van der Waals surface area (Å²) in [5.74, 6) is 0.438. The molecule has 2 atom stereocenters. The van der Waals surface area contributed by atoms with Crippen molar-refractivity contribution in [1.82, 2.24) is 10.6 Å². The van der Waals surface area contributed by atoms with Gasteiger partial charge >= 0.3 is 0 Å². The van der Waals surface area contributed by atoms with Gasteiger partial charge in [-0.25, -0.2) is 0 Å². The fourth-order valence-corrected chi connectivity index (χ4v) is 1.99. The molecule has 6 nitrogen and oxygen atoms in total. The summed E-state index contributed by atoms with van der Waals surface area (Å²) in [4.78, 5) is 23.8. The molecule has 0 bridgehead atoms. The van der Waals surface area contributed by atoms with E-state index >= 15 is 0 Å². The standard InChI is InChI=1S/C16H20N2O4/c1-11(7-8-13-5-3-9-21-13)17-15(19)12(2)18-16(20)14-6-4-10-22-14/h3-6,9-12H,7-8H2,1-2H3,(H,17,19)(H,18,20). The smallest absolute Gasteiger partial charge is 0.287 e. The van der Waals surface area contributed by atoms with E-state index in [4.69, 9.17) is 8.83 Å². The first-order valence-corrected chi connectivity index (χ1v) is 7.23. The highest BCUT2D eigenvalue weighted by Crippen LogP contribution is 2.06. The number of hydrogen-bond acceptors (Lipinski definition) is 4. The van der Waals surface area contributed by atoms with Gasteiger partial charge in [-0.2, -0.15) is 0 Å². The van der Waals surface area contributed by atoms with Gasteiger partial charge < -0.3 is 19.5 Å². The Morgan fingerprint density at radius 3 is 2.45 bits per heavy atom. The zero-order chi connectivity index (χ0) is 15.9. The average Bonchev–Trinajstić information content (AvgIpc) is 3.18. The van der Waals surface area contributed by atoms with E-state index in [1.54, 1.807) is 25.3 Å². The van der Waals surface area contributed by atoms with Gasteiger partial charge in [-0.3, -0.25) is 9.59 Å². The Morgan fingerprint density at radius 1 is 1.09 bits per heavy atom. The van der Waals surface area contributed by atoms with Crippen molar-refractivity contribution >= 4 is 11.8 Å². The highest BCUT2D eigenvalue weighted by Gasteiger charge is 2.19. The van der Waals surface area contributed by atoms with Crippen LogP contribution in [-0.2, 0) is 11.2 Å². The molecule has 0 saturated heterocycles. The van der Waals surface area contributed by atoms with Crippen molar-refractivity contribution in [3.05, 3.63) is 48.3 Å². The zero-order valence-corrected chi connectivity index (χ0v) is 12.7. The quantitative estimate of drug-likeness (QED) is 0.820. The maximum absolute atomic E-state index is 12.0. The van der Waals surface area contributed by atoms with Crippen molar-refractivity contribution in [2.75, 3.05) is 0 Å². The number of hydrogen-bond donors (Lipinski definition) is 2. The van der Waals surface area contributed by atoms with E-state index in [0.717, 1.165) is 18.6 Å². The first-order valence-electron chi connectivity index (χ1n) is 7.23. The van der Waals surface area contributed by atoms with Crippen LogP contribution in [0.3, 0.4) is 0 Å². The third kappa shape index (κ3) is 4.51. The molecule has 6 heteroatoms. The number of aryl methyl sites for hydroxylation is 1. The predicted molar refractivity (Wildman–Crippen MR) is 80.3 cm³/mol. The van der Waals surface area contributed by atoms with Gasteiger partial charge in [0.1, 0.15) is 11.8 Å². The van der Waals surface area contributed by atoms with Crippen LogP contribution in [0.1, 0.15) is 36.6 Å². The van der Waals surface area contributed by atoms with E-state index in [1.165, 1.54) is 6.26 Å². The second kappa shape index (κ2) is 7.49. The Balaban J connectivity index is 1.74. The van der Waals surface area contributed by atoms with Gasteiger partial charge in [0.05, 0.1) is 12.5 Å². The van der Waals surface area contributed by atoms with Crippen molar-refractivity contribution in [3.8, 4) is 0 Å². The molecule has 0 aliphatic rings. The third-order valence-corrected chi connectivity index (χ3v) is 3.28. The van der Waals surface area contributed by atoms with E-state index in [9.17, 15) is 9.59 Å². The second-order valence-corrected chi connectivity index (χ2v) is 5.20. The van der Waals surface area contributed by atoms with Gasteiger partial charge in [-0.1, -0.05) is 0 Å². The minimum absolute atomic E-state index is 0.0134. The van der Waals surface area contributed by atoms with Crippen molar-refractivity contribution < 1.29 is 18.4 Å². The molecule has 2 unspecified atom stereocenters. The van der Waals surface area contributed by atoms with Gasteiger partial charge in [0.25, 0.3) is 5.91 Å². The first-order chi connectivity index (χ1) is 10.6. The molecule has 22 heavy (non-hydrogen) atoms. The number of carbonyl (C=O) groups excluding carboxylic acids is 2. The number of rotatable bonds is 7. The molecule has 118 valence electrons. The molecule has 2 aromatic heterocycles. The zero-order valence-electron chi connectivity index (χ0n) is 12.7. The Labute approximate surface area is 128 Å². The molecule has 0 radical (unpaired) electrons. The molecule has 2 rings (SSSR count). The predicted octanol–water partition coefficient (Wildman–Crippen LogP) is 2.13. The SMILES string of the molecule is CC(CCc1ccco1)NC(=O)C(C)NC(=O)c1ccco1. The minimum Gasteiger partial charge on any atom is -0.469 e. The normalized spacial score (nSPS) is 13.4. The molecule has 0 saturated carbocycles. The molecule has 0 fully saturated rings. The summed E-state index contributed by atoms with van der Waals surface area (Å²) in [6.45, 7) is 3.55. The summed E-state index contributed by atoms with van der Waals surface area (Å²) < 4.78 is 10.2. The minimum atomic E-state index is -0.635. The highest BCUT2D eigenvalue weighted by molar-refractivity contribution is 5.95. The molecule has 2 N–H and O–H groups in total. The summed E-state index contributed by atoms with van der Waals surface area (Å²) in [7, 11) is 0. The van der Waals surface area contributed by atoms with Gasteiger partial charge in [0.15, 0.2) is 5.76 Å². The van der Waals surface area contributed by atoms with Crippen LogP contribution in [0.4, 0.5) is 0 Å². The number of furan rings is 2. The number of carbonyl (C=O) groups is 2. The maximum Gasteiger partial charge on any atom is 0.287 e. The molecule has 2 amide bonds. The third-order valence-electron chi connectivity index (χ3n) is 3.28. The fourth-order valence-electron chi connectivity index (χ4n) is 1.99. The molecule has 2 aromatic rings. The molecular formula is C16H20N2O4. The van der Waals surface area contributed by atoms with E-state index in [0.29, 0.717) is 0 Å². The Morgan fingerprint density at radius 2 is 1.82 bits per heavy atom. The first kappa shape index (κ1) is 15.9. The maximum atomic E-state index is 12.0. The van der Waals surface area contributed by atoms with Crippen LogP contribution in [-0.4, -0.2) is 23.9 Å². The fraction of sp³-hybridized carbons (Fsp3) is 0.375. The summed E-state index contributed by atoms with van der Waals surface area (Å²) >= 11 is 0. The van der Waals surface area contributed by atoms with Crippen molar-refractivity contribution in [3.63, 3.8) is 0 Å². The van der Waals surface area contributed by atoms with Crippen LogP contribution in [0.5, 0.6) is 0 Å². The lowest BCUT2D eigenvalue weighted by molar-refractivity contribution is -0.123. The molecule has 0 aliphatic carbocycles. The van der Waals surface area contributed by atoms with Crippen molar-refractivity contribution in [2.45, 2.75) is 38.8 Å². The van der Waals surface area contributed by atoms with Crippen LogP contribution in [0.15, 0.2) is 45.6 Å². The lowest BCUT2D eigenvalue weighted by atomic mass is 10.1. The van der Waals surface area contributed by atoms with Gasteiger partial charge in [-0.05, 0) is 44.5 Å². The topological polar surface area (TPSA) is 84.5 Å². The molecule has 0 aliphatic heterocycles. The monoisotopic (exact) mass is 304 g/mol. The number of nitrogens with one attached hydrogen (secondary N) is 2. The van der Waals surface area contributed by atoms with E-state index in [1.807, 2.05) is 19.1 Å². The van der Waals surface area contributed by atoms with E-state index in [2.05, 4.69) is 10.6 Å². The van der Waals surface area contributed by atoms with Gasteiger partial charge in [-0.15, -0.1) is 0 Å². The second-order valence-electron chi connectivity index (χ2n) is 5.20. The molecular weight excluding hydrogens is 284 g/mol. The van der Waals surface area contributed by atoms with Crippen molar-refractivity contribution in [1.29, 1.82) is 0 Å². The average molecular weight is 304 g/mol. The molecule has 2 heterocycles. The number of amides is 2.